The molecule has 0 bridgehead atoms. The van der Waals surface area contributed by atoms with Crippen LogP contribution in [0.15, 0.2) is 78.9 Å². The van der Waals surface area contributed by atoms with Crippen molar-refractivity contribution in [3.8, 4) is 11.5 Å². The minimum atomic E-state index is 0.788. The molecular weight excluding hydrogens is 296 g/mol. The van der Waals surface area contributed by atoms with Gasteiger partial charge in [0.15, 0.2) is 0 Å². The second-order valence-corrected chi connectivity index (χ2v) is 5.48. The lowest BCUT2D eigenvalue weighted by molar-refractivity contribution is 0.483. The van der Waals surface area contributed by atoms with Gasteiger partial charge in [-0.15, -0.1) is 0 Å². The average Bonchev–Trinajstić information content (AvgIpc) is 3.04. The van der Waals surface area contributed by atoms with Gasteiger partial charge in [0.25, 0.3) is 0 Å². The molecule has 0 radical (unpaired) electrons. The molecule has 3 nitrogen and oxygen atoms in total. The number of hydrogen-bond acceptors (Lipinski definition) is 2. The molecule has 0 saturated carbocycles. The molecule has 0 aliphatic rings. The van der Waals surface area contributed by atoms with Gasteiger partial charge in [0, 0.05) is 11.5 Å². The Morgan fingerprint density at radius 3 is 2.29 bits per heavy atom. The topological polar surface area (TPSA) is 37.9 Å². The Morgan fingerprint density at radius 1 is 0.750 bits per heavy atom. The van der Waals surface area contributed by atoms with E-state index in [4.69, 9.17) is 4.74 Å². The highest BCUT2D eigenvalue weighted by molar-refractivity contribution is 5.90. The van der Waals surface area contributed by atoms with Crippen LogP contribution in [0.3, 0.4) is 0 Å². The Morgan fingerprint density at radius 2 is 1.50 bits per heavy atom. The predicted molar refractivity (Wildman–Crippen MR) is 98.0 cm³/mol. The number of aromatic amines is 1. The van der Waals surface area contributed by atoms with Crippen LogP contribution in [0.25, 0.3) is 23.1 Å². The zero-order valence-electron chi connectivity index (χ0n) is 13.0. The quantitative estimate of drug-likeness (QED) is 0.538. The van der Waals surface area contributed by atoms with Gasteiger partial charge in [-0.05, 0) is 35.9 Å². The number of ether oxygens (including phenoxy) is 1. The normalized spacial score (nSPS) is 11.2. The number of fused-ring (bicyclic) bond motifs is 1. The van der Waals surface area contributed by atoms with Crippen LogP contribution in [0, 0.1) is 0 Å². The summed E-state index contributed by atoms with van der Waals surface area (Å²) in [5.74, 6) is 1.61. The number of nitrogens with one attached hydrogen (secondary N) is 1. The van der Waals surface area contributed by atoms with E-state index < -0.39 is 0 Å². The highest BCUT2D eigenvalue weighted by Gasteiger charge is 2.05. The summed E-state index contributed by atoms with van der Waals surface area (Å²) in [6, 6.07) is 25.9. The number of nitrogens with zero attached hydrogens (tertiary/aromatic N) is 1. The van der Waals surface area contributed by atoms with Crippen LogP contribution in [0.4, 0.5) is 0 Å². The van der Waals surface area contributed by atoms with E-state index in [-0.39, 0.29) is 0 Å². The number of para-hydroxylation sites is 1. The molecular formula is C21H16N2O. The maximum atomic E-state index is 5.86. The molecule has 0 aliphatic heterocycles. The van der Waals surface area contributed by atoms with Crippen molar-refractivity contribution >= 4 is 23.1 Å². The zero-order chi connectivity index (χ0) is 16.2. The van der Waals surface area contributed by atoms with Gasteiger partial charge in [-0.25, -0.2) is 0 Å². The molecule has 0 aliphatic carbocycles. The van der Waals surface area contributed by atoms with E-state index in [0.29, 0.717) is 0 Å². The second-order valence-electron chi connectivity index (χ2n) is 5.48. The highest BCUT2D eigenvalue weighted by atomic mass is 16.5. The third-order valence-corrected chi connectivity index (χ3v) is 3.78. The first-order valence-corrected chi connectivity index (χ1v) is 7.83. The number of hydrogen-bond donors (Lipinski definition) is 1. The fraction of sp³-hybridized carbons (Fsp3) is 0. The van der Waals surface area contributed by atoms with Crippen molar-refractivity contribution in [1.82, 2.24) is 10.2 Å². The van der Waals surface area contributed by atoms with Crippen molar-refractivity contribution in [2.24, 2.45) is 0 Å². The monoisotopic (exact) mass is 312 g/mol. The Hall–Kier alpha value is -3.33. The number of H-pyrrole nitrogens is 1. The number of rotatable bonds is 4. The minimum absolute atomic E-state index is 0.788. The van der Waals surface area contributed by atoms with Crippen molar-refractivity contribution in [2.45, 2.75) is 0 Å². The predicted octanol–water partition coefficient (Wildman–Crippen LogP) is 5.53. The Bertz CT molecular complexity index is 973. The summed E-state index contributed by atoms with van der Waals surface area (Å²) in [5.41, 5.74) is 3.02. The molecule has 116 valence electrons. The first-order valence-electron chi connectivity index (χ1n) is 7.83. The van der Waals surface area contributed by atoms with Gasteiger partial charge in [0.05, 0.1) is 11.2 Å². The van der Waals surface area contributed by atoms with Crippen LogP contribution in [0.2, 0.25) is 0 Å². The molecule has 3 aromatic carbocycles. The number of benzene rings is 3. The van der Waals surface area contributed by atoms with Crippen LogP contribution in [-0.4, -0.2) is 10.2 Å². The molecule has 4 rings (SSSR count). The van der Waals surface area contributed by atoms with E-state index in [9.17, 15) is 0 Å². The molecule has 0 amide bonds. The van der Waals surface area contributed by atoms with E-state index in [0.717, 1.165) is 33.7 Å². The van der Waals surface area contributed by atoms with Crippen molar-refractivity contribution < 1.29 is 4.74 Å². The SMILES string of the molecule is C(=Cc1n[nH]c2cc(Oc3ccccc3)ccc12)c1ccccc1. The summed E-state index contributed by atoms with van der Waals surface area (Å²) in [4.78, 5) is 0. The molecule has 0 fully saturated rings. The van der Waals surface area contributed by atoms with Crippen molar-refractivity contribution in [2.75, 3.05) is 0 Å². The first-order chi connectivity index (χ1) is 11.9. The van der Waals surface area contributed by atoms with Crippen LogP contribution in [0.5, 0.6) is 11.5 Å². The smallest absolute Gasteiger partial charge is 0.129 e. The third-order valence-electron chi connectivity index (χ3n) is 3.78. The molecule has 0 atom stereocenters. The average molecular weight is 312 g/mol. The summed E-state index contributed by atoms with van der Waals surface area (Å²) in [6.07, 6.45) is 4.08. The van der Waals surface area contributed by atoms with Gasteiger partial charge in [0.2, 0.25) is 0 Å². The van der Waals surface area contributed by atoms with Crippen LogP contribution < -0.4 is 4.74 Å². The standard InChI is InChI=1S/C21H16N2O/c1-3-7-16(8-4-1)11-14-20-19-13-12-18(15-21(19)23-22-20)24-17-9-5-2-6-10-17/h1-15H,(H,22,23). The molecule has 1 aromatic heterocycles. The molecule has 0 unspecified atom stereocenters. The summed E-state index contributed by atoms with van der Waals surface area (Å²) >= 11 is 0. The lowest BCUT2D eigenvalue weighted by Crippen LogP contribution is -1.83. The maximum Gasteiger partial charge on any atom is 0.129 e. The molecule has 4 aromatic rings. The lowest BCUT2D eigenvalue weighted by atomic mass is 10.1. The summed E-state index contributed by atoms with van der Waals surface area (Å²) < 4.78 is 5.86. The lowest BCUT2D eigenvalue weighted by Gasteiger charge is -2.05. The van der Waals surface area contributed by atoms with E-state index in [1.165, 1.54) is 0 Å². The molecule has 1 N–H and O–H groups in total. The second kappa shape index (κ2) is 6.42. The molecule has 1 heterocycles. The molecule has 24 heavy (non-hydrogen) atoms. The van der Waals surface area contributed by atoms with E-state index >= 15 is 0 Å². The Kier molecular flexibility index (Phi) is 3.82. The van der Waals surface area contributed by atoms with Gasteiger partial charge in [-0.2, -0.15) is 5.10 Å². The minimum Gasteiger partial charge on any atom is -0.457 e. The van der Waals surface area contributed by atoms with Gasteiger partial charge in [0.1, 0.15) is 11.5 Å². The van der Waals surface area contributed by atoms with Crippen LogP contribution in [-0.2, 0) is 0 Å². The summed E-state index contributed by atoms with van der Waals surface area (Å²) in [6.45, 7) is 0. The molecule has 3 heteroatoms. The highest BCUT2D eigenvalue weighted by Crippen LogP contribution is 2.26. The summed E-state index contributed by atoms with van der Waals surface area (Å²) in [5, 5.41) is 8.53. The zero-order valence-corrected chi connectivity index (χ0v) is 13.0. The van der Waals surface area contributed by atoms with E-state index in [2.05, 4.69) is 28.4 Å². The molecule has 0 spiro atoms. The van der Waals surface area contributed by atoms with Gasteiger partial charge in [-0.3, -0.25) is 5.10 Å². The van der Waals surface area contributed by atoms with Crippen LogP contribution in [0.1, 0.15) is 11.3 Å². The summed E-state index contributed by atoms with van der Waals surface area (Å²) in [7, 11) is 0. The van der Waals surface area contributed by atoms with Crippen LogP contribution >= 0.6 is 0 Å². The van der Waals surface area contributed by atoms with Gasteiger partial charge < -0.3 is 4.74 Å². The van der Waals surface area contributed by atoms with Crippen molar-refractivity contribution in [3.05, 3.63) is 90.1 Å². The third kappa shape index (κ3) is 3.06. The Balaban J connectivity index is 1.60. The molecule has 0 saturated heterocycles. The van der Waals surface area contributed by atoms with Gasteiger partial charge in [-0.1, -0.05) is 54.6 Å². The fourth-order valence-corrected chi connectivity index (χ4v) is 2.57. The van der Waals surface area contributed by atoms with E-state index in [1.807, 2.05) is 72.8 Å². The fourth-order valence-electron chi connectivity index (χ4n) is 2.57. The largest absolute Gasteiger partial charge is 0.457 e. The van der Waals surface area contributed by atoms with Gasteiger partial charge >= 0.3 is 0 Å². The number of aromatic nitrogens is 2. The van der Waals surface area contributed by atoms with E-state index in [1.54, 1.807) is 0 Å². The van der Waals surface area contributed by atoms with Crippen molar-refractivity contribution in [1.29, 1.82) is 0 Å². The first kappa shape index (κ1) is 14.3. The maximum absolute atomic E-state index is 5.86. The van der Waals surface area contributed by atoms with Crippen molar-refractivity contribution in [3.63, 3.8) is 0 Å². The Labute approximate surface area is 140 Å².